The average Bonchev–Trinajstić information content (AvgIpc) is 3.48. The molecule has 2 aliphatic heterocycles. The molecule has 202 valence electrons. The number of amides is 2. The zero-order valence-electron chi connectivity index (χ0n) is 22.9. The maximum atomic E-state index is 13.6. The molecule has 0 spiro atoms. The van der Waals surface area contributed by atoms with Gasteiger partial charge in [0.2, 0.25) is 5.91 Å². The van der Waals surface area contributed by atoms with Crippen LogP contribution in [0.4, 0.5) is 15.7 Å². The Balaban J connectivity index is 1.35. The smallest absolute Gasteiger partial charge is 0.411 e. The second kappa shape index (κ2) is 11.4. The summed E-state index contributed by atoms with van der Waals surface area (Å²) in [6.45, 7) is 11.5. The van der Waals surface area contributed by atoms with E-state index in [1.54, 1.807) is 16.2 Å². The number of nitrogens with one attached hydrogen (secondary N) is 1. The molecule has 0 aliphatic carbocycles. The first-order valence-corrected chi connectivity index (χ1v) is 14.4. The maximum absolute atomic E-state index is 13.6. The van der Waals surface area contributed by atoms with Crippen LogP contribution in [0.15, 0.2) is 24.4 Å². The molecule has 2 fully saturated rings. The molecule has 0 bridgehead atoms. The second-order valence-corrected chi connectivity index (χ2v) is 12.5. The molecule has 1 atom stereocenters. The average molecular weight is 528 g/mol. The van der Waals surface area contributed by atoms with Gasteiger partial charge in [0.15, 0.2) is 5.13 Å². The summed E-state index contributed by atoms with van der Waals surface area (Å²) in [5.74, 6) is 1.12. The number of unbranched alkanes of at least 4 members (excludes halogenated alkanes) is 1. The van der Waals surface area contributed by atoms with E-state index in [-0.39, 0.29) is 5.91 Å². The van der Waals surface area contributed by atoms with E-state index in [0.29, 0.717) is 32.0 Å². The minimum atomic E-state index is -0.846. The van der Waals surface area contributed by atoms with Crippen molar-refractivity contribution in [3.05, 3.63) is 35.0 Å². The van der Waals surface area contributed by atoms with Crippen molar-refractivity contribution in [2.45, 2.75) is 96.6 Å². The summed E-state index contributed by atoms with van der Waals surface area (Å²) in [6, 6.07) is 6.08. The van der Waals surface area contributed by atoms with Crippen LogP contribution in [-0.2, 0) is 16.0 Å². The highest BCUT2D eigenvalue weighted by Crippen LogP contribution is 2.35. The molecule has 1 N–H and O–H groups in total. The molecule has 8 nitrogen and oxygen atoms in total. The van der Waals surface area contributed by atoms with E-state index in [1.165, 1.54) is 17.7 Å². The first-order valence-electron chi connectivity index (χ1n) is 13.6. The topological polar surface area (TPSA) is 87.7 Å². The van der Waals surface area contributed by atoms with Crippen molar-refractivity contribution in [2.75, 3.05) is 25.0 Å². The Kier molecular flexibility index (Phi) is 8.41. The summed E-state index contributed by atoms with van der Waals surface area (Å²) in [7, 11) is 0. The summed E-state index contributed by atoms with van der Waals surface area (Å²) >= 11 is 1.69. The molecule has 9 heteroatoms. The molecular formula is C28H41N5O3S. The van der Waals surface area contributed by atoms with Crippen LogP contribution in [0.3, 0.4) is 0 Å². The van der Waals surface area contributed by atoms with Crippen molar-refractivity contribution < 1.29 is 14.3 Å². The molecule has 37 heavy (non-hydrogen) atoms. The van der Waals surface area contributed by atoms with E-state index in [2.05, 4.69) is 23.3 Å². The molecule has 2 aromatic heterocycles. The number of carbonyl (C=O) groups excluding carboxylic acids is 2. The Morgan fingerprint density at radius 1 is 1.22 bits per heavy atom. The van der Waals surface area contributed by atoms with E-state index < -0.39 is 17.2 Å². The van der Waals surface area contributed by atoms with Crippen molar-refractivity contribution in [1.29, 1.82) is 0 Å². The largest absolute Gasteiger partial charge is 0.444 e. The van der Waals surface area contributed by atoms with Crippen LogP contribution in [0.5, 0.6) is 0 Å². The summed E-state index contributed by atoms with van der Waals surface area (Å²) in [5, 5.41) is 4.23. The van der Waals surface area contributed by atoms with E-state index in [0.717, 1.165) is 42.3 Å². The monoisotopic (exact) mass is 527 g/mol. The standard InChI is InChI=1S/C28H41N5O3S/c1-6-7-10-21-19-29-25(37-21)31-23-12-8-11-22(30-23)20-13-17-32(18-14-20)24(34)28(5)15-9-16-33(28)26(35)36-27(2,3)4/h8,11-12,19-20H,6-7,9-10,13-18H2,1-5H3,(H,29,30,31)/t28-/m0/s1. The SMILES string of the molecule is CCCCc1cnc(Nc2cccc(C3CCN(C(=O)[C@]4(C)CCCN4C(=O)OC(C)(C)C)CC3)n2)s1. The third kappa shape index (κ3) is 6.61. The van der Waals surface area contributed by atoms with Gasteiger partial charge in [0.25, 0.3) is 0 Å². The number of piperidine rings is 1. The van der Waals surface area contributed by atoms with Crippen molar-refractivity contribution in [3.63, 3.8) is 0 Å². The Bertz CT molecular complexity index is 1090. The Morgan fingerprint density at radius 3 is 2.68 bits per heavy atom. The fraction of sp³-hybridized carbons (Fsp3) is 0.643. The Morgan fingerprint density at radius 2 is 1.97 bits per heavy atom. The lowest BCUT2D eigenvalue weighted by atomic mass is 9.90. The van der Waals surface area contributed by atoms with Crippen LogP contribution in [0.25, 0.3) is 0 Å². The Hall–Kier alpha value is -2.68. The predicted octanol–water partition coefficient (Wildman–Crippen LogP) is 6.12. The van der Waals surface area contributed by atoms with Gasteiger partial charge in [-0.25, -0.2) is 14.8 Å². The van der Waals surface area contributed by atoms with Crippen LogP contribution in [0.1, 0.15) is 89.6 Å². The van der Waals surface area contributed by atoms with Gasteiger partial charge < -0.3 is 15.0 Å². The second-order valence-electron chi connectivity index (χ2n) is 11.4. The molecule has 4 heterocycles. The van der Waals surface area contributed by atoms with Gasteiger partial charge in [0.1, 0.15) is 17.0 Å². The lowest BCUT2D eigenvalue weighted by Crippen LogP contribution is -2.58. The quantitative estimate of drug-likeness (QED) is 0.467. The van der Waals surface area contributed by atoms with E-state index in [9.17, 15) is 9.59 Å². The van der Waals surface area contributed by atoms with Gasteiger partial charge in [0.05, 0.1) is 0 Å². The maximum Gasteiger partial charge on any atom is 0.411 e. The summed E-state index contributed by atoms with van der Waals surface area (Å²) in [6.07, 6.45) is 8.14. The molecule has 2 saturated heterocycles. The molecule has 2 aromatic rings. The number of ether oxygens (including phenoxy) is 1. The number of carbonyl (C=O) groups is 2. The molecule has 0 unspecified atom stereocenters. The summed E-state index contributed by atoms with van der Waals surface area (Å²) < 4.78 is 5.60. The van der Waals surface area contributed by atoms with Gasteiger partial charge in [0, 0.05) is 42.3 Å². The number of likely N-dealkylation sites (tertiary alicyclic amines) is 2. The van der Waals surface area contributed by atoms with Crippen LogP contribution in [0, 0.1) is 0 Å². The number of aromatic nitrogens is 2. The first-order chi connectivity index (χ1) is 17.6. The summed E-state index contributed by atoms with van der Waals surface area (Å²) in [5.41, 5.74) is -0.390. The minimum absolute atomic E-state index is 0.0281. The van der Waals surface area contributed by atoms with Gasteiger partial charge >= 0.3 is 6.09 Å². The van der Waals surface area contributed by atoms with Crippen LogP contribution in [0.2, 0.25) is 0 Å². The molecule has 2 amide bonds. The Labute approximate surface area is 224 Å². The zero-order chi connectivity index (χ0) is 26.6. The number of anilines is 2. The fourth-order valence-corrected chi connectivity index (χ4v) is 6.07. The van der Waals surface area contributed by atoms with Gasteiger partial charge in [-0.2, -0.15) is 0 Å². The predicted molar refractivity (Wildman–Crippen MR) is 147 cm³/mol. The third-order valence-electron chi connectivity index (χ3n) is 7.25. The lowest BCUT2D eigenvalue weighted by Gasteiger charge is -2.41. The van der Waals surface area contributed by atoms with E-state index >= 15 is 0 Å². The van der Waals surface area contributed by atoms with E-state index in [4.69, 9.17) is 9.72 Å². The van der Waals surface area contributed by atoms with Crippen LogP contribution in [-0.4, -0.2) is 62.5 Å². The summed E-state index contributed by atoms with van der Waals surface area (Å²) in [4.78, 5) is 40.7. The number of hydrogen-bond acceptors (Lipinski definition) is 7. The van der Waals surface area contributed by atoms with Gasteiger partial charge in [-0.3, -0.25) is 9.69 Å². The van der Waals surface area contributed by atoms with Crippen LogP contribution < -0.4 is 5.32 Å². The number of aryl methyl sites for hydroxylation is 1. The van der Waals surface area contributed by atoms with Crippen LogP contribution >= 0.6 is 11.3 Å². The molecule has 4 rings (SSSR count). The highest BCUT2D eigenvalue weighted by atomic mass is 32.1. The van der Waals surface area contributed by atoms with Crippen molar-refractivity contribution in [3.8, 4) is 0 Å². The van der Waals surface area contributed by atoms with E-state index in [1.807, 2.05) is 50.9 Å². The van der Waals surface area contributed by atoms with Crippen molar-refractivity contribution in [2.24, 2.45) is 0 Å². The lowest BCUT2D eigenvalue weighted by molar-refractivity contribution is -0.143. The number of thiazole rings is 1. The number of nitrogens with zero attached hydrogens (tertiary/aromatic N) is 4. The minimum Gasteiger partial charge on any atom is -0.444 e. The number of rotatable bonds is 7. The van der Waals surface area contributed by atoms with Gasteiger partial charge in [-0.05, 0) is 78.4 Å². The van der Waals surface area contributed by atoms with Gasteiger partial charge in [-0.1, -0.05) is 19.4 Å². The number of hydrogen-bond donors (Lipinski definition) is 1. The highest BCUT2D eigenvalue weighted by molar-refractivity contribution is 7.15. The highest BCUT2D eigenvalue weighted by Gasteiger charge is 2.49. The molecule has 2 aliphatic rings. The molecular weight excluding hydrogens is 486 g/mol. The number of pyridine rings is 1. The molecule has 0 radical (unpaired) electrons. The molecule has 0 saturated carbocycles. The normalized spacial score (nSPS) is 20.8. The fourth-order valence-electron chi connectivity index (χ4n) is 5.20. The third-order valence-corrected chi connectivity index (χ3v) is 8.22. The first kappa shape index (κ1) is 27.4. The molecule has 0 aromatic carbocycles. The zero-order valence-corrected chi connectivity index (χ0v) is 23.7. The van der Waals surface area contributed by atoms with Crippen molar-refractivity contribution >= 4 is 34.3 Å². The van der Waals surface area contributed by atoms with Crippen molar-refractivity contribution in [1.82, 2.24) is 19.8 Å². The van der Waals surface area contributed by atoms with Gasteiger partial charge in [-0.15, -0.1) is 11.3 Å².